The van der Waals surface area contributed by atoms with Crippen LogP contribution in [0.2, 0.25) is 0 Å². The lowest BCUT2D eigenvalue weighted by Crippen LogP contribution is -2.30. The number of nitrogens with one attached hydrogen (secondary N) is 2. The molecule has 0 fully saturated rings. The number of hydrogen-bond acceptors (Lipinski definition) is 6. The molecule has 0 unspecified atom stereocenters. The van der Waals surface area contributed by atoms with Crippen molar-refractivity contribution >= 4 is 28.3 Å². The summed E-state index contributed by atoms with van der Waals surface area (Å²) in [5, 5.41) is 16.9. The van der Waals surface area contributed by atoms with Gasteiger partial charge >= 0.3 is 0 Å². The van der Waals surface area contributed by atoms with Gasteiger partial charge < -0.3 is 10.6 Å². The molecule has 0 bridgehead atoms. The van der Waals surface area contributed by atoms with E-state index in [1.165, 1.54) is 18.5 Å². The van der Waals surface area contributed by atoms with E-state index in [-0.39, 0.29) is 18.1 Å². The second-order valence-corrected chi connectivity index (χ2v) is 4.38. The molecule has 1 aromatic carbocycles. The van der Waals surface area contributed by atoms with Gasteiger partial charge in [-0.2, -0.15) is 0 Å². The summed E-state index contributed by atoms with van der Waals surface area (Å²) in [7, 11) is 0. The van der Waals surface area contributed by atoms with E-state index in [4.69, 9.17) is 0 Å². The quantitative estimate of drug-likeness (QED) is 0.615. The number of amides is 1. The number of carbonyl (C=O) groups is 1. The maximum absolute atomic E-state index is 11.6. The third-order valence-corrected chi connectivity index (χ3v) is 2.82. The lowest BCUT2D eigenvalue weighted by atomic mass is 10.2. The number of aromatic nitrogens is 2. The summed E-state index contributed by atoms with van der Waals surface area (Å²) in [4.78, 5) is 30.0. The van der Waals surface area contributed by atoms with Gasteiger partial charge in [-0.25, -0.2) is 9.97 Å². The van der Waals surface area contributed by atoms with Gasteiger partial charge in [-0.1, -0.05) is 6.92 Å². The predicted octanol–water partition coefficient (Wildman–Crippen LogP) is 1.48. The maximum atomic E-state index is 11.6. The van der Waals surface area contributed by atoms with Crippen LogP contribution in [-0.2, 0) is 4.79 Å². The Labute approximate surface area is 120 Å². The molecule has 2 N–H and O–H groups in total. The Morgan fingerprint density at radius 1 is 1.38 bits per heavy atom. The molecule has 0 aliphatic carbocycles. The minimum atomic E-state index is -0.482. The Hall–Kier alpha value is -2.77. The molecule has 0 aliphatic heterocycles. The third kappa shape index (κ3) is 3.62. The van der Waals surface area contributed by atoms with Crippen LogP contribution in [0.5, 0.6) is 0 Å². The number of hydrogen-bond donors (Lipinski definition) is 2. The molecule has 0 aliphatic rings. The van der Waals surface area contributed by atoms with E-state index in [0.29, 0.717) is 23.3 Å². The summed E-state index contributed by atoms with van der Waals surface area (Å²) in [6, 6.07) is 4.33. The second kappa shape index (κ2) is 6.60. The van der Waals surface area contributed by atoms with Crippen molar-refractivity contribution in [1.82, 2.24) is 15.3 Å². The number of benzene rings is 1. The average Bonchev–Trinajstić information content (AvgIpc) is 2.50. The van der Waals surface area contributed by atoms with Crippen LogP contribution in [0, 0.1) is 10.1 Å². The zero-order valence-electron chi connectivity index (χ0n) is 11.5. The van der Waals surface area contributed by atoms with Crippen LogP contribution in [0.25, 0.3) is 10.9 Å². The van der Waals surface area contributed by atoms with Crippen LogP contribution in [0.4, 0.5) is 11.5 Å². The molecule has 0 saturated heterocycles. The molecule has 0 radical (unpaired) electrons. The highest BCUT2D eigenvalue weighted by molar-refractivity contribution is 5.92. The molecule has 1 amide bonds. The molecule has 0 spiro atoms. The molecular formula is C13H15N5O3. The van der Waals surface area contributed by atoms with Crippen molar-refractivity contribution in [2.24, 2.45) is 0 Å². The van der Waals surface area contributed by atoms with Crippen molar-refractivity contribution in [3.8, 4) is 0 Å². The standard InChI is InChI=1S/C13H15N5O3/c1-2-5-14-12(19)7-15-13-10-6-9(18(20)21)3-4-11(10)16-8-17-13/h3-4,6,8H,2,5,7H2,1H3,(H,14,19)(H,15,16,17). The number of nitro benzene ring substituents is 1. The summed E-state index contributed by atoms with van der Waals surface area (Å²) < 4.78 is 0. The van der Waals surface area contributed by atoms with E-state index in [1.54, 1.807) is 6.07 Å². The monoisotopic (exact) mass is 289 g/mol. The third-order valence-electron chi connectivity index (χ3n) is 2.82. The Morgan fingerprint density at radius 2 is 2.19 bits per heavy atom. The molecule has 2 rings (SSSR count). The van der Waals surface area contributed by atoms with Gasteiger partial charge in [-0.05, 0) is 12.5 Å². The van der Waals surface area contributed by atoms with Gasteiger partial charge in [0.15, 0.2) is 0 Å². The molecule has 1 aromatic heterocycles. The summed E-state index contributed by atoms with van der Waals surface area (Å²) >= 11 is 0. The van der Waals surface area contributed by atoms with Crippen LogP contribution in [-0.4, -0.2) is 33.9 Å². The van der Waals surface area contributed by atoms with Crippen LogP contribution in [0.3, 0.4) is 0 Å². The number of nitrogens with zero attached hydrogens (tertiary/aromatic N) is 3. The molecule has 1 heterocycles. The molecule has 2 aromatic rings. The van der Waals surface area contributed by atoms with E-state index in [1.807, 2.05) is 6.92 Å². The van der Waals surface area contributed by atoms with Gasteiger partial charge in [0.2, 0.25) is 5.91 Å². The van der Waals surface area contributed by atoms with Crippen LogP contribution in [0.15, 0.2) is 24.5 Å². The molecule has 21 heavy (non-hydrogen) atoms. The van der Waals surface area contributed by atoms with E-state index in [0.717, 1.165) is 6.42 Å². The highest BCUT2D eigenvalue weighted by Gasteiger charge is 2.11. The zero-order chi connectivity index (χ0) is 15.2. The van der Waals surface area contributed by atoms with Crippen molar-refractivity contribution in [1.29, 1.82) is 0 Å². The second-order valence-electron chi connectivity index (χ2n) is 4.38. The van der Waals surface area contributed by atoms with Crippen LogP contribution < -0.4 is 10.6 Å². The molecule has 0 saturated carbocycles. The van der Waals surface area contributed by atoms with Gasteiger partial charge in [0.25, 0.3) is 5.69 Å². The largest absolute Gasteiger partial charge is 0.360 e. The first kappa shape index (κ1) is 14.6. The molecule has 8 nitrogen and oxygen atoms in total. The summed E-state index contributed by atoms with van der Waals surface area (Å²) in [5.41, 5.74) is 0.530. The van der Waals surface area contributed by atoms with E-state index < -0.39 is 4.92 Å². The minimum Gasteiger partial charge on any atom is -0.360 e. The van der Waals surface area contributed by atoms with Gasteiger partial charge in [-0.3, -0.25) is 14.9 Å². The number of carbonyl (C=O) groups excluding carboxylic acids is 1. The smallest absolute Gasteiger partial charge is 0.270 e. The predicted molar refractivity (Wildman–Crippen MR) is 78.0 cm³/mol. The van der Waals surface area contributed by atoms with Crippen LogP contribution >= 0.6 is 0 Å². The van der Waals surface area contributed by atoms with E-state index >= 15 is 0 Å². The lowest BCUT2D eigenvalue weighted by Gasteiger charge is -2.08. The average molecular weight is 289 g/mol. The maximum Gasteiger partial charge on any atom is 0.270 e. The minimum absolute atomic E-state index is 0.0456. The summed E-state index contributed by atoms with van der Waals surface area (Å²) in [6.07, 6.45) is 2.20. The van der Waals surface area contributed by atoms with Gasteiger partial charge in [0, 0.05) is 24.1 Å². The Bertz CT molecular complexity index is 674. The molecule has 0 atom stereocenters. The highest BCUT2D eigenvalue weighted by Crippen LogP contribution is 2.23. The van der Waals surface area contributed by atoms with Gasteiger partial charge in [-0.15, -0.1) is 0 Å². The first-order valence-corrected chi connectivity index (χ1v) is 6.51. The summed E-state index contributed by atoms with van der Waals surface area (Å²) in [5.74, 6) is 0.240. The van der Waals surface area contributed by atoms with Crippen molar-refractivity contribution in [3.63, 3.8) is 0 Å². The van der Waals surface area contributed by atoms with Crippen molar-refractivity contribution in [2.45, 2.75) is 13.3 Å². The number of nitro groups is 1. The van der Waals surface area contributed by atoms with E-state index in [2.05, 4.69) is 20.6 Å². The summed E-state index contributed by atoms with van der Waals surface area (Å²) in [6.45, 7) is 2.62. The number of non-ortho nitro benzene ring substituents is 1. The van der Waals surface area contributed by atoms with E-state index in [9.17, 15) is 14.9 Å². The fourth-order valence-electron chi connectivity index (χ4n) is 1.79. The van der Waals surface area contributed by atoms with Crippen LogP contribution in [0.1, 0.15) is 13.3 Å². The first-order chi connectivity index (χ1) is 10.1. The fourth-order valence-corrected chi connectivity index (χ4v) is 1.79. The molecule has 8 heteroatoms. The molecular weight excluding hydrogens is 274 g/mol. The first-order valence-electron chi connectivity index (χ1n) is 6.51. The Balaban J connectivity index is 2.20. The Kier molecular flexibility index (Phi) is 4.60. The van der Waals surface area contributed by atoms with Crippen molar-refractivity contribution < 1.29 is 9.72 Å². The number of anilines is 1. The molecule has 110 valence electrons. The number of rotatable bonds is 6. The zero-order valence-corrected chi connectivity index (χ0v) is 11.5. The Morgan fingerprint density at radius 3 is 2.90 bits per heavy atom. The fraction of sp³-hybridized carbons (Fsp3) is 0.308. The SMILES string of the molecule is CCCNC(=O)CNc1ncnc2ccc([N+](=O)[O-])cc12. The topological polar surface area (TPSA) is 110 Å². The highest BCUT2D eigenvalue weighted by atomic mass is 16.6. The van der Waals surface area contributed by atoms with Crippen molar-refractivity contribution in [2.75, 3.05) is 18.4 Å². The lowest BCUT2D eigenvalue weighted by molar-refractivity contribution is -0.384. The van der Waals surface area contributed by atoms with Gasteiger partial charge in [0.05, 0.1) is 17.0 Å². The normalized spacial score (nSPS) is 10.3. The number of fused-ring (bicyclic) bond motifs is 1. The van der Waals surface area contributed by atoms with Crippen molar-refractivity contribution in [3.05, 3.63) is 34.6 Å². The van der Waals surface area contributed by atoms with Gasteiger partial charge in [0.1, 0.15) is 12.1 Å².